The van der Waals surface area contributed by atoms with Crippen LogP contribution in [0.1, 0.15) is 30.5 Å². The lowest BCUT2D eigenvalue weighted by Crippen LogP contribution is -2.45. The smallest absolute Gasteiger partial charge is 0.146 e. The highest BCUT2D eigenvalue weighted by Gasteiger charge is 2.24. The van der Waals surface area contributed by atoms with E-state index in [2.05, 4.69) is 16.3 Å². The topological polar surface area (TPSA) is 48.3 Å². The van der Waals surface area contributed by atoms with Gasteiger partial charge >= 0.3 is 0 Å². The molecule has 0 spiro atoms. The fourth-order valence-electron chi connectivity index (χ4n) is 3.39. The number of nitrogens with zero attached hydrogens (tertiary/aromatic N) is 2. The second-order valence-corrected chi connectivity index (χ2v) is 6.86. The molecule has 2 unspecified atom stereocenters. The van der Waals surface area contributed by atoms with Crippen molar-refractivity contribution < 1.29 is 9.13 Å². The fraction of sp³-hybridized carbons (Fsp3) is 0.381. The molecule has 0 bridgehead atoms. The van der Waals surface area contributed by atoms with Gasteiger partial charge in [-0.25, -0.2) is 4.39 Å². The molecule has 1 N–H and O–H groups in total. The molecular weight excluding hydrogens is 329 g/mol. The number of nitrogens with one attached hydrogen (secondary N) is 1. The van der Waals surface area contributed by atoms with Gasteiger partial charge in [-0.3, -0.25) is 0 Å². The van der Waals surface area contributed by atoms with E-state index < -0.39 is 0 Å². The minimum atomic E-state index is -0.197. The van der Waals surface area contributed by atoms with Crippen LogP contribution in [0.2, 0.25) is 0 Å². The summed E-state index contributed by atoms with van der Waals surface area (Å²) in [7, 11) is 0. The molecule has 0 radical (unpaired) electrons. The highest BCUT2D eigenvalue weighted by molar-refractivity contribution is 5.50. The van der Waals surface area contributed by atoms with Crippen molar-refractivity contribution in [2.24, 2.45) is 0 Å². The summed E-state index contributed by atoms with van der Waals surface area (Å²) in [5, 5.41) is 12.2. The number of anilines is 1. The van der Waals surface area contributed by atoms with Crippen molar-refractivity contribution in [3.63, 3.8) is 0 Å². The van der Waals surface area contributed by atoms with Crippen molar-refractivity contribution in [3.05, 3.63) is 65.0 Å². The Balaban J connectivity index is 1.60. The number of hydrogen-bond acceptors (Lipinski definition) is 4. The monoisotopic (exact) mass is 353 g/mol. The molecule has 0 amide bonds. The van der Waals surface area contributed by atoms with E-state index in [1.165, 1.54) is 0 Å². The summed E-state index contributed by atoms with van der Waals surface area (Å²) in [6.45, 7) is 6.64. The number of rotatable bonds is 5. The molecule has 0 saturated carbocycles. The van der Waals surface area contributed by atoms with Gasteiger partial charge in [0.1, 0.15) is 5.82 Å². The zero-order valence-electron chi connectivity index (χ0n) is 15.2. The molecule has 0 aliphatic carbocycles. The predicted octanol–water partition coefficient (Wildman–Crippen LogP) is 3.60. The Morgan fingerprint density at radius 2 is 1.81 bits per heavy atom. The summed E-state index contributed by atoms with van der Waals surface area (Å²) in [5.41, 5.74) is 3.22. The minimum absolute atomic E-state index is 0.101. The Morgan fingerprint density at radius 3 is 2.46 bits per heavy atom. The summed E-state index contributed by atoms with van der Waals surface area (Å²) in [6, 6.07) is 15.0. The molecule has 1 aliphatic rings. The van der Waals surface area contributed by atoms with Gasteiger partial charge in [-0.1, -0.05) is 18.2 Å². The third kappa shape index (κ3) is 4.60. The summed E-state index contributed by atoms with van der Waals surface area (Å²) in [4.78, 5) is 2.05. The molecule has 2 aromatic carbocycles. The highest BCUT2D eigenvalue weighted by atomic mass is 19.1. The molecule has 5 heteroatoms. The molecule has 2 atom stereocenters. The minimum Gasteiger partial charge on any atom is -0.372 e. The Hall–Kier alpha value is -2.42. The van der Waals surface area contributed by atoms with Crippen LogP contribution in [-0.2, 0) is 17.8 Å². The lowest BCUT2D eigenvalue weighted by atomic mass is 10.1. The first-order valence-corrected chi connectivity index (χ1v) is 8.93. The third-order valence-corrected chi connectivity index (χ3v) is 4.49. The number of benzene rings is 2. The average molecular weight is 353 g/mol. The van der Waals surface area contributed by atoms with Gasteiger partial charge in [0, 0.05) is 26.2 Å². The lowest BCUT2D eigenvalue weighted by molar-refractivity contribution is -0.00539. The van der Waals surface area contributed by atoms with Gasteiger partial charge in [0.25, 0.3) is 0 Å². The molecule has 1 heterocycles. The van der Waals surface area contributed by atoms with Gasteiger partial charge in [-0.15, -0.1) is 0 Å². The molecule has 3 rings (SSSR count). The maximum Gasteiger partial charge on any atom is 0.146 e. The standard InChI is InChI=1S/C21H24FN3O/c1-15-13-25(14-16(2)26-15)21-7-6-19(9-20(21)22)12-24-11-18-5-3-4-17(8-18)10-23/h3-9,15-16,24H,11-14H2,1-2H3. The summed E-state index contributed by atoms with van der Waals surface area (Å²) >= 11 is 0. The molecular formula is C21H24FN3O. The largest absolute Gasteiger partial charge is 0.372 e. The molecule has 1 saturated heterocycles. The molecule has 0 aromatic heterocycles. The third-order valence-electron chi connectivity index (χ3n) is 4.49. The quantitative estimate of drug-likeness (QED) is 0.892. The second-order valence-electron chi connectivity index (χ2n) is 6.86. The van der Waals surface area contributed by atoms with Crippen molar-refractivity contribution in [2.75, 3.05) is 18.0 Å². The lowest BCUT2D eigenvalue weighted by Gasteiger charge is -2.37. The first-order valence-electron chi connectivity index (χ1n) is 8.93. The van der Waals surface area contributed by atoms with Crippen LogP contribution in [0.25, 0.3) is 0 Å². The van der Waals surface area contributed by atoms with Crippen LogP contribution in [-0.4, -0.2) is 25.3 Å². The van der Waals surface area contributed by atoms with Crippen LogP contribution in [0, 0.1) is 17.1 Å². The fourth-order valence-corrected chi connectivity index (χ4v) is 3.39. The first kappa shape index (κ1) is 18.4. The van der Waals surface area contributed by atoms with Gasteiger partial charge in [0.05, 0.1) is 29.5 Å². The molecule has 1 fully saturated rings. The number of hydrogen-bond donors (Lipinski definition) is 1. The van der Waals surface area contributed by atoms with Gasteiger partial charge in [-0.2, -0.15) is 5.26 Å². The van der Waals surface area contributed by atoms with E-state index in [1.54, 1.807) is 12.1 Å². The highest BCUT2D eigenvalue weighted by Crippen LogP contribution is 2.24. The average Bonchev–Trinajstić information content (AvgIpc) is 2.61. The van der Waals surface area contributed by atoms with E-state index in [0.29, 0.717) is 37.4 Å². The molecule has 26 heavy (non-hydrogen) atoms. The van der Waals surface area contributed by atoms with Crippen LogP contribution in [0.4, 0.5) is 10.1 Å². The van der Waals surface area contributed by atoms with Crippen LogP contribution in [0.3, 0.4) is 0 Å². The Labute approximate surface area is 154 Å². The van der Waals surface area contributed by atoms with Crippen molar-refractivity contribution in [1.29, 1.82) is 5.26 Å². The summed E-state index contributed by atoms with van der Waals surface area (Å²) in [5.74, 6) is -0.197. The Morgan fingerprint density at radius 1 is 1.12 bits per heavy atom. The first-order chi connectivity index (χ1) is 12.5. The van der Waals surface area contributed by atoms with Crippen molar-refractivity contribution >= 4 is 5.69 Å². The van der Waals surface area contributed by atoms with Crippen molar-refractivity contribution in [3.8, 4) is 6.07 Å². The van der Waals surface area contributed by atoms with E-state index >= 15 is 0 Å². The zero-order chi connectivity index (χ0) is 18.5. The van der Waals surface area contributed by atoms with Gasteiger partial charge in [0.15, 0.2) is 0 Å². The molecule has 2 aromatic rings. The normalized spacial score (nSPS) is 20.0. The van der Waals surface area contributed by atoms with Crippen molar-refractivity contribution in [2.45, 2.75) is 39.1 Å². The summed E-state index contributed by atoms with van der Waals surface area (Å²) in [6.07, 6.45) is 0.201. The zero-order valence-corrected chi connectivity index (χ0v) is 15.2. The summed E-state index contributed by atoms with van der Waals surface area (Å²) < 4.78 is 20.3. The molecule has 136 valence electrons. The van der Waals surface area contributed by atoms with Gasteiger partial charge in [-0.05, 0) is 49.2 Å². The second kappa shape index (κ2) is 8.31. The van der Waals surface area contributed by atoms with Crippen LogP contribution >= 0.6 is 0 Å². The van der Waals surface area contributed by atoms with Crippen LogP contribution in [0.5, 0.6) is 0 Å². The van der Waals surface area contributed by atoms with E-state index in [1.807, 2.05) is 44.2 Å². The van der Waals surface area contributed by atoms with E-state index in [4.69, 9.17) is 10.00 Å². The van der Waals surface area contributed by atoms with E-state index in [9.17, 15) is 4.39 Å². The van der Waals surface area contributed by atoms with Crippen LogP contribution < -0.4 is 10.2 Å². The van der Waals surface area contributed by atoms with Gasteiger partial charge < -0.3 is 15.0 Å². The maximum atomic E-state index is 14.6. The van der Waals surface area contributed by atoms with Crippen LogP contribution in [0.15, 0.2) is 42.5 Å². The van der Waals surface area contributed by atoms with Gasteiger partial charge in [0.2, 0.25) is 0 Å². The number of morpholine rings is 1. The van der Waals surface area contributed by atoms with E-state index in [0.717, 1.165) is 11.1 Å². The Kier molecular flexibility index (Phi) is 5.87. The SMILES string of the molecule is CC1CN(c2ccc(CNCc3cccc(C#N)c3)cc2F)CC(C)O1. The maximum absolute atomic E-state index is 14.6. The number of ether oxygens (including phenoxy) is 1. The molecule has 1 aliphatic heterocycles. The molecule has 4 nitrogen and oxygen atoms in total. The number of halogens is 1. The predicted molar refractivity (Wildman–Crippen MR) is 100 cm³/mol. The Bertz CT molecular complexity index is 792. The van der Waals surface area contributed by atoms with E-state index in [-0.39, 0.29) is 18.0 Å². The van der Waals surface area contributed by atoms with Crippen molar-refractivity contribution in [1.82, 2.24) is 5.32 Å². The number of nitriles is 1.